The Balaban J connectivity index is 2.17. The van der Waals surface area contributed by atoms with E-state index >= 15 is 0 Å². The van der Waals surface area contributed by atoms with Crippen molar-refractivity contribution in [1.82, 2.24) is 4.90 Å². The summed E-state index contributed by atoms with van der Waals surface area (Å²) in [5.74, 6) is 0.379. The van der Waals surface area contributed by atoms with E-state index in [0.29, 0.717) is 31.9 Å². The second kappa shape index (κ2) is 5.03. The maximum Gasteiger partial charge on any atom is 0.209 e. The van der Waals surface area contributed by atoms with Crippen molar-refractivity contribution in [2.45, 2.75) is 0 Å². The molecule has 1 aromatic carbocycles. The molecule has 0 spiro atoms. The molecule has 1 saturated heterocycles. The molecule has 0 atom stereocenters. The van der Waals surface area contributed by atoms with E-state index in [9.17, 15) is 9.18 Å². The van der Waals surface area contributed by atoms with Gasteiger partial charge in [0, 0.05) is 32.2 Å². The zero-order valence-corrected chi connectivity index (χ0v) is 9.73. The van der Waals surface area contributed by atoms with Gasteiger partial charge in [0.05, 0.1) is 12.8 Å². The molecule has 0 aliphatic carbocycles. The molecule has 17 heavy (non-hydrogen) atoms. The predicted molar refractivity (Wildman–Crippen MR) is 62.8 cm³/mol. The quantitative estimate of drug-likeness (QED) is 0.740. The summed E-state index contributed by atoms with van der Waals surface area (Å²) in [4.78, 5) is 14.3. The summed E-state index contributed by atoms with van der Waals surface area (Å²) < 4.78 is 18.4. The average Bonchev–Trinajstić information content (AvgIpc) is 2.39. The van der Waals surface area contributed by atoms with Crippen LogP contribution in [0, 0.1) is 5.82 Å². The first kappa shape index (κ1) is 11.7. The number of benzene rings is 1. The van der Waals surface area contributed by atoms with E-state index in [4.69, 9.17) is 4.74 Å². The van der Waals surface area contributed by atoms with Gasteiger partial charge in [-0.2, -0.15) is 0 Å². The molecule has 5 heteroatoms. The number of piperazine rings is 1. The van der Waals surface area contributed by atoms with E-state index in [1.165, 1.54) is 12.1 Å². The fraction of sp³-hybridized carbons (Fsp3) is 0.417. The number of amides is 1. The van der Waals surface area contributed by atoms with Crippen LogP contribution in [-0.2, 0) is 4.79 Å². The standard InChI is InChI=1S/C12H15FN2O2/c1-17-12-3-2-10(13)8-11(12)15-6-4-14(9-16)5-7-15/h2-3,8-9H,4-7H2,1H3. The molecule has 92 valence electrons. The van der Waals surface area contributed by atoms with Crippen LogP contribution in [0.25, 0.3) is 0 Å². The number of hydrogen-bond donors (Lipinski definition) is 0. The van der Waals surface area contributed by atoms with Gasteiger partial charge in [0.15, 0.2) is 0 Å². The molecule has 0 unspecified atom stereocenters. The Kier molecular flexibility index (Phi) is 3.46. The molecule has 0 radical (unpaired) electrons. The van der Waals surface area contributed by atoms with Gasteiger partial charge in [-0.05, 0) is 12.1 Å². The largest absolute Gasteiger partial charge is 0.495 e. The number of methoxy groups -OCH3 is 1. The molecule has 0 saturated carbocycles. The van der Waals surface area contributed by atoms with Crippen molar-refractivity contribution in [2.75, 3.05) is 38.2 Å². The van der Waals surface area contributed by atoms with E-state index in [0.717, 1.165) is 12.1 Å². The third-order valence-corrected chi connectivity index (χ3v) is 2.94. The number of carbonyl (C=O) groups excluding carboxylic acids is 1. The fourth-order valence-corrected chi connectivity index (χ4v) is 1.98. The highest BCUT2D eigenvalue weighted by molar-refractivity contribution is 5.59. The Bertz CT molecular complexity index is 403. The number of hydrogen-bond acceptors (Lipinski definition) is 3. The molecule has 1 fully saturated rings. The van der Waals surface area contributed by atoms with Gasteiger partial charge in [-0.1, -0.05) is 0 Å². The van der Waals surface area contributed by atoms with Crippen molar-refractivity contribution >= 4 is 12.1 Å². The summed E-state index contributed by atoms with van der Waals surface area (Å²) in [7, 11) is 1.57. The number of carbonyl (C=O) groups is 1. The highest BCUT2D eigenvalue weighted by atomic mass is 19.1. The van der Waals surface area contributed by atoms with E-state index < -0.39 is 0 Å². The Morgan fingerprint density at radius 3 is 2.59 bits per heavy atom. The summed E-state index contributed by atoms with van der Waals surface area (Å²) in [5, 5.41) is 0. The minimum Gasteiger partial charge on any atom is -0.495 e. The van der Waals surface area contributed by atoms with Crippen molar-refractivity contribution in [3.8, 4) is 5.75 Å². The van der Waals surface area contributed by atoms with Crippen LogP contribution in [0.3, 0.4) is 0 Å². The molecule has 1 heterocycles. The van der Waals surface area contributed by atoms with Crippen LogP contribution in [0.15, 0.2) is 18.2 Å². The van der Waals surface area contributed by atoms with Gasteiger partial charge in [0.25, 0.3) is 0 Å². The average molecular weight is 238 g/mol. The van der Waals surface area contributed by atoms with E-state index in [2.05, 4.69) is 0 Å². The molecule has 2 rings (SSSR count). The maximum absolute atomic E-state index is 13.2. The third kappa shape index (κ3) is 2.49. The van der Waals surface area contributed by atoms with Crippen LogP contribution in [-0.4, -0.2) is 44.6 Å². The Labute approximate surface area is 99.6 Å². The summed E-state index contributed by atoms with van der Waals surface area (Å²) in [6.45, 7) is 2.70. The molecule has 1 aliphatic heterocycles. The van der Waals surface area contributed by atoms with E-state index in [-0.39, 0.29) is 5.82 Å². The highest BCUT2D eigenvalue weighted by Crippen LogP contribution is 2.29. The SMILES string of the molecule is COc1ccc(F)cc1N1CCN(C=O)CC1. The second-order valence-corrected chi connectivity index (χ2v) is 3.94. The Hall–Kier alpha value is -1.78. The second-order valence-electron chi connectivity index (χ2n) is 3.94. The lowest BCUT2D eigenvalue weighted by Crippen LogP contribution is -2.45. The molecule has 4 nitrogen and oxygen atoms in total. The number of halogens is 1. The minimum absolute atomic E-state index is 0.279. The first-order valence-corrected chi connectivity index (χ1v) is 5.52. The van der Waals surface area contributed by atoms with Gasteiger partial charge in [-0.25, -0.2) is 4.39 Å². The predicted octanol–water partition coefficient (Wildman–Crippen LogP) is 1.11. The van der Waals surface area contributed by atoms with Gasteiger partial charge in [0.1, 0.15) is 11.6 Å². The van der Waals surface area contributed by atoms with Gasteiger partial charge in [0.2, 0.25) is 6.41 Å². The number of anilines is 1. The number of ether oxygens (including phenoxy) is 1. The topological polar surface area (TPSA) is 32.8 Å². The zero-order valence-electron chi connectivity index (χ0n) is 9.73. The fourth-order valence-electron chi connectivity index (χ4n) is 1.98. The van der Waals surface area contributed by atoms with Crippen LogP contribution in [0.1, 0.15) is 0 Å². The zero-order chi connectivity index (χ0) is 12.3. The molecule has 0 bridgehead atoms. The van der Waals surface area contributed by atoms with Gasteiger partial charge in [-0.15, -0.1) is 0 Å². The number of nitrogens with zero attached hydrogens (tertiary/aromatic N) is 2. The van der Waals surface area contributed by atoms with Crippen LogP contribution in [0.5, 0.6) is 5.75 Å². The minimum atomic E-state index is -0.279. The third-order valence-electron chi connectivity index (χ3n) is 2.94. The highest BCUT2D eigenvalue weighted by Gasteiger charge is 2.19. The van der Waals surface area contributed by atoms with Crippen LogP contribution in [0.2, 0.25) is 0 Å². The van der Waals surface area contributed by atoms with Crippen LogP contribution in [0.4, 0.5) is 10.1 Å². The first-order chi connectivity index (χ1) is 8.24. The monoisotopic (exact) mass is 238 g/mol. The lowest BCUT2D eigenvalue weighted by Gasteiger charge is -2.34. The molecular weight excluding hydrogens is 223 g/mol. The normalized spacial score (nSPS) is 15.9. The molecule has 0 N–H and O–H groups in total. The molecule has 1 aliphatic rings. The van der Waals surface area contributed by atoms with E-state index in [1.54, 1.807) is 18.1 Å². The molecule has 1 aromatic rings. The van der Waals surface area contributed by atoms with Crippen molar-refractivity contribution in [2.24, 2.45) is 0 Å². The Morgan fingerprint density at radius 2 is 2.00 bits per heavy atom. The van der Waals surface area contributed by atoms with Gasteiger partial charge >= 0.3 is 0 Å². The van der Waals surface area contributed by atoms with Gasteiger partial charge in [-0.3, -0.25) is 4.79 Å². The van der Waals surface area contributed by atoms with E-state index in [1.807, 2.05) is 4.90 Å². The molecule has 1 amide bonds. The molecule has 0 aromatic heterocycles. The lowest BCUT2D eigenvalue weighted by molar-refractivity contribution is -0.118. The van der Waals surface area contributed by atoms with Crippen molar-refractivity contribution < 1.29 is 13.9 Å². The van der Waals surface area contributed by atoms with Gasteiger partial charge < -0.3 is 14.5 Å². The lowest BCUT2D eigenvalue weighted by atomic mass is 10.2. The maximum atomic E-state index is 13.2. The van der Waals surface area contributed by atoms with Crippen LogP contribution < -0.4 is 9.64 Å². The smallest absolute Gasteiger partial charge is 0.209 e. The molecular formula is C12H15FN2O2. The Morgan fingerprint density at radius 1 is 1.29 bits per heavy atom. The first-order valence-electron chi connectivity index (χ1n) is 5.52. The summed E-state index contributed by atoms with van der Waals surface area (Å²) >= 11 is 0. The summed E-state index contributed by atoms with van der Waals surface area (Å²) in [5.41, 5.74) is 0.748. The van der Waals surface area contributed by atoms with Crippen LogP contribution >= 0.6 is 0 Å². The van der Waals surface area contributed by atoms with Crippen molar-refractivity contribution in [1.29, 1.82) is 0 Å². The van der Waals surface area contributed by atoms with Crippen molar-refractivity contribution in [3.63, 3.8) is 0 Å². The number of rotatable bonds is 3. The summed E-state index contributed by atoms with van der Waals surface area (Å²) in [6, 6.07) is 4.47. The summed E-state index contributed by atoms with van der Waals surface area (Å²) in [6.07, 6.45) is 0.847. The van der Waals surface area contributed by atoms with Crippen molar-refractivity contribution in [3.05, 3.63) is 24.0 Å².